The Morgan fingerprint density at radius 1 is 0.884 bits per heavy atom. The van der Waals surface area contributed by atoms with Crippen LogP contribution >= 0.6 is 0 Å². The van der Waals surface area contributed by atoms with E-state index in [2.05, 4.69) is 88.6 Å². The zero-order valence-corrected chi connectivity index (χ0v) is 38.9. The number of piperazine rings is 1. The number of aryl methyl sites for hydroxylation is 1. The Labute approximate surface area is 402 Å². The summed E-state index contributed by atoms with van der Waals surface area (Å²) in [5.74, 6) is 8.57. The molecule has 11 heteroatoms. The molecule has 8 bridgehead atoms. The molecule has 1 fully saturated rings. The van der Waals surface area contributed by atoms with E-state index >= 15 is 0 Å². The van der Waals surface area contributed by atoms with E-state index < -0.39 is 12.0 Å². The Bertz CT molecular complexity index is 3090. The number of anilines is 1. The van der Waals surface area contributed by atoms with E-state index in [1.165, 1.54) is 18.7 Å². The van der Waals surface area contributed by atoms with E-state index in [0.717, 1.165) is 58.7 Å². The molecule has 0 saturated carbocycles. The summed E-state index contributed by atoms with van der Waals surface area (Å²) in [6.45, 7) is 3.60. The van der Waals surface area contributed by atoms with Crippen molar-refractivity contribution in [2.24, 2.45) is 5.92 Å². The number of rotatable bonds is 10. The molecule has 0 spiro atoms. The van der Waals surface area contributed by atoms with Crippen LogP contribution in [0.1, 0.15) is 52.8 Å². The third kappa shape index (κ3) is 9.61. The number of aliphatic hydroxyl groups is 2. The first-order valence-electron chi connectivity index (χ1n) is 24.0. The predicted octanol–water partition coefficient (Wildman–Crippen LogP) is 8.85. The summed E-state index contributed by atoms with van der Waals surface area (Å²) in [6, 6.07) is 36.8. The van der Waals surface area contributed by atoms with Crippen molar-refractivity contribution in [3.63, 3.8) is 0 Å². The van der Waals surface area contributed by atoms with Gasteiger partial charge in [-0.2, -0.15) is 0 Å². The Morgan fingerprint density at radius 2 is 1.68 bits per heavy atom. The Morgan fingerprint density at radius 3 is 2.45 bits per heavy atom. The van der Waals surface area contributed by atoms with E-state index in [9.17, 15) is 20.1 Å². The molecule has 0 aliphatic carbocycles. The van der Waals surface area contributed by atoms with Crippen LogP contribution < -0.4 is 29.9 Å². The number of nitrogens with one attached hydrogen (secondary N) is 2. The van der Waals surface area contributed by atoms with Crippen LogP contribution in [0.25, 0.3) is 39.5 Å². The highest BCUT2D eigenvalue weighted by Gasteiger charge is 2.36. The number of aromatic amines is 1. The van der Waals surface area contributed by atoms with Crippen molar-refractivity contribution in [1.82, 2.24) is 10.3 Å². The molecular weight excluding hydrogens is 867 g/mol. The number of aromatic nitrogens is 1. The molecule has 1 saturated heterocycles. The van der Waals surface area contributed by atoms with Crippen molar-refractivity contribution in [2.45, 2.75) is 63.1 Å². The van der Waals surface area contributed by atoms with Gasteiger partial charge in [0.15, 0.2) is 22.5 Å². The van der Waals surface area contributed by atoms with Crippen molar-refractivity contribution < 1.29 is 33.9 Å². The quantitative estimate of drug-likeness (QED) is 0.0843. The lowest BCUT2D eigenvalue weighted by Crippen LogP contribution is -2.58. The van der Waals surface area contributed by atoms with Crippen molar-refractivity contribution >= 4 is 22.9 Å². The number of phenols is 1. The number of hydrogen-bond donors (Lipinski definition) is 5. The number of benzene rings is 5. The largest absolute Gasteiger partial charge is 0.508 e. The zero-order chi connectivity index (χ0) is 47.4. The molecule has 11 nitrogen and oxygen atoms in total. The minimum absolute atomic E-state index is 0.0150. The molecule has 0 amide bonds. The number of phenolic OH excluding ortho intramolecular Hbond substituents is 1. The van der Waals surface area contributed by atoms with Gasteiger partial charge in [0.2, 0.25) is 5.75 Å². The van der Waals surface area contributed by atoms with Crippen LogP contribution in [0, 0.1) is 17.8 Å². The second-order valence-electron chi connectivity index (χ2n) is 18.2. The first-order chi connectivity index (χ1) is 33.8. The van der Waals surface area contributed by atoms with Crippen LogP contribution in [0.15, 0.2) is 131 Å². The first kappa shape index (κ1) is 45.5. The van der Waals surface area contributed by atoms with Gasteiger partial charge in [0.05, 0.1) is 50.0 Å². The molecule has 7 aromatic rings. The maximum atomic E-state index is 14.9. The smallest absolute Gasteiger partial charge is 0.204 e. The lowest BCUT2D eigenvalue weighted by molar-refractivity contribution is 0.156. The molecule has 5 atom stereocenters. The van der Waals surface area contributed by atoms with E-state index in [1.807, 2.05) is 36.4 Å². The van der Waals surface area contributed by atoms with Gasteiger partial charge in [-0.3, -0.25) is 4.79 Å². The van der Waals surface area contributed by atoms with Gasteiger partial charge in [-0.15, -0.1) is 0 Å². The predicted molar refractivity (Wildman–Crippen MR) is 270 cm³/mol. The Kier molecular flexibility index (Phi) is 13.3. The fourth-order valence-corrected chi connectivity index (χ4v) is 9.95. The summed E-state index contributed by atoms with van der Waals surface area (Å²) in [5, 5.41) is 36.2. The summed E-state index contributed by atoms with van der Waals surface area (Å²) < 4.78 is 26.9. The number of methoxy groups -OCH3 is 1. The number of aliphatic hydroxyl groups excluding tert-OH is 2. The number of aromatic hydroxyl groups is 1. The molecule has 0 radical (unpaired) electrons. The van der Waals surface area contributed by atoms with Crippen LogP contribution in [0.3, 0.4) is 0 Å². The van der Waals surface area contributed by atoms with Crippen LogP contribution in [-0.4, -0.2) is 78.5 Å². The minimum Gasteiger partial charge on any atom is -0.508 e. The molecule has 4 aliphatic heterocycles. The topological polar surface area (TPSA) is 150 Å². The lowest BCUT2D eigenvalue weighted by Gasteiger charge is -2.42. The molecule has 6 heterocycles. The van der Waals surface area contributed by atoms with Crippen molar-refractivity contribution in [3.8, 4) is 57.3 Å². The summed E-state index contributed by atoms with van der Waals surface area (Å²) >= 11 is 0. The SMILES string of the molecule is CCc1cc2c([nH]1)N1CCN[C@H]3C#C[C@H](Cc4cccc-2c4)c2c(c(OC)c(OCC[C@@H](O)/C=C/c4ccccc4)c4c(=O)cc(-c5ccc(O)cc5)oc24)OC[C@@H](CO)Cc2ccc(cc2)C[C@H]31. The summed E-state index contributed by atoms with van der Waals surface area (Å²) in [4.78, 5) is 21.2. The molecular formula is C58H57N3O8. The van der Waals surface area contributed by atoms with Gasteiger partial charge in [-0.1, -0.05) is 110 Å². The van der Waals surface area contributed by atoms with Gasteiger partial charge < -0.3 is 49.1 Å². The fourth-order valence-electron chi connectivity index (χ4n) is 9.95. The average molecular weight is 924 g/mol. The van der Waals surface area contributed by atoms with E-state index in [0.29, 0.717) is 30.5 Å². The van der Waals surface area contributed by atoms with Gasteiger partial charge in [0.25, 0.3) is 0 Å². The van der Waals surface area contributed by atoms with E-state index in [-0.39, 0.29) is 89.4 Å². The molecule has 0 unspecified atom stereocenters. The Balaban J connectivity index is 1.21. The number of ether oxygens (including phenoxy) is 3. The van der Waals surface area contributed by atoms with Gasteiger partial charge >= 0.3 is 0 Å². The number of H-pyrrole nitrogens is 1. The highest BCUT2D eigenvalue weighted by Crippen LogP contribution is 2.50. The summed E-state index contributed by atoms with van der Waals surface area (Å²) in [5.41, 5.74) is 8.49. The van der Waals surface area contributed by atoms with Gasteiger partial charge in [0, 0.05) is 54.9 Å². The summed E-state index contributed by atoms with van der Waals surface area (Å²) in [6.07, 6.45) is 5.45. The number of hydrogen-bond acceptors (Lipinski definition) is 10. The molecule has 352 valence electrons. The van der Waals surface area contributed by atoms with Gasteiger partial charge in [-0.25, -0.2) is 0 Å². The van der Waals surface area contributed by atoms with Crippen LogP contribution in [-0.2, 0) is 25.7 Å². The fraction of sp³-hybridized carbons (Fsp3) is 0.293. The highest BCUT2D eigenvalue weighted by molar-refractivity contribution is 5.94. The minimum atomic E-state index is -0.854. The lowest BCUT2D eigenvalue weighted by atomic mass is 9.87. The Hall–Kier alpha value is -7.23. The zero-order valence-electron chi connectivity index (χ0n) is 38.9. The molecule has 69 heavy (non-hydrogen) atoms. The van der Waals surface area contributed by atoms with E-state index in [1.54, 1.807) is 30.3 Å². The van der Waals surface area contributed by atoms with Gasteiger partial charge in [0.1, 0.15) is 22.7 Å². The molecule has 11 rings (SSSR count). The average Bonchev–Trinajstić information content (AvgIpc) is 3.81. The maximum Gasteiger partial charge on any atom is 0.204 e. The number of nitrogens with zero attached hydrogens (tertiary/aromatic N) is 1. The standard InChI is InChI=1S/C58H57N3O8/c1-3-44-32-47-42-11-7-10-39(29-42)30-43-19-23-48-49(61(26-25-59-48)58(47)60-44)31-38-14-12-37(13-15-38)28-40(34-62)35-68-55-52(43)54-53(50(65)33-51(69-54)41-17-21-45(63)22-18-41)56(57(55)66-2)67-27-24-46(64)20-16-36-8-5-4-6-9-36/h4-18,20-22,29,32-33,40,43,46,48-49,59-60,62-64H,3,24-28,30-31,34-35H2,1-2H3/b20-16+/t40-,43-,46+,48+,49-/m1/s1. The van der Waals surface area contributed by atoms with Crippen LogP contribution in [0.5, 0.6) is 23.0 Å². The maximum absolute atomic E-state index is 14.9. The van der Waals surface area contributed by atoms with Gasteiger partial charge in [-0.05, 0) is 83.8 Å². The molecule has 4 aliphatic rings. The van der Waals surface area contributed by atoms with Crippen molar-refractivity contribution in [3.05, 3.63) is 165 Å². The normalized spacial score (nSPS) is 19.2. The van der Waals surface area contributed by atoms with Crippen LogP contribution in [0.4, 0.5) is 5.82 Å². The number of fused-ring (bicyclic) bond motifs is 11. The highest BCUT2D eigenvalue weighted by atomic mass is 16.5. The molecule has 2 aromatic heterocycles. The second kappa shape index (κ2) is 20.2. The molecule has 5 N–H and O–H groups in total. The molecule has 5 aromatic carbocycles. The third-order valence-corrected chi connectivity index (χ3v) is 13.6. The third-order valence-electron chi connectivity index (χ3n) is 13.6. The van der Waals surface area contributed by atoms with Crippen LogP contribution in [0.2, 0.25) is 0 Å². The first-order valence-corrected chi connectivity index (χ1v) is 24.0. The van der Waals surface area contributed by atoms with E-state index in [4.69, 9.17) is 18.6 Å². The van der Waals surface area contributed by atoms with Crippen molar-refractivity contribution in [2.75, 3.05) is 44.9 Å². The monoisotopic (exact) mass is 923 g/mol. The second-order valence-corrected chi connectivity index (χ2v) is 18.2. The van der Waals surface area contributed by atoms with Crippen molar-refractivity contribution in [1.29, 1.82) is 0 Å². The summed E-state index contributed by atoms with van der Waals surface area (Å²) in [7, 11) is 1.52.